The monoisotopic (exact) mass is 430 g/mol. The number of H-pyrrole nitrogens is 1. The SMILES string of the molecule is CCCc1c(C(=O)N2CCN(CC(=O)N3CC(C)CC(C)C3)CC2)[nH]c(C)c1C(C)=O. The number of carbonyl (C=O) groups excluding carboxylic acids is 3. The standard InChI is InChI=1S/C24H38N4O3/c1-6-7-20-22(19(5)29)18(4)25-23(20)24(31)27-10-8-26(9-11-27)15-21(30)28-13-16(2)12-17(3)14-28/h16-17,25H,6-15H2,1-5H3. The van der Waals surface area contributed by atoms with E-state index >= 15 is 0 Å². The van der Waals surface area contributed by atoms with Crippen LogP contribution in [0, 0.1) is 18.8 Å². The molecule has 1 N–H and O–H groups in total. The van der Waals surface area contributed by atoms with Gasteiger partial charge in [-0.25, -0.2) is 0 Å². The van der Waals surface area contributed by atoms with Crippen molar-refractivity contribution in [3.8, 4) is 0 Å². The van der Waals surface area contributed by atoms with Gasteiger partial charge in [0.25, 0.3) is 5.91 Å². The third-order valence-electron chi connectivity index (χ3n) is 6.60. The van der Waals surface area contributed by atoms with Crippen molar-refractivity contribution in [1.82, 2.24) is 19.7 Å². The molecule has 172 valence electrons. The Morgan fingerprint density at radius 3 is 2.16 bits per heavy atom. The first kappa shape index (κ1) is 23.5. The molecule has 31 heavy (non-hydrogen) atoms. The van der Waals surface area contributed by atoms with Crippen molar-refractivity contribution in [1.29, 1.82) is 0 Å². The number of likely N-dealkylation sites (tertiary alicyclic amines) is 1. The maximum Gasteiger partial charge on any atom is 0.270 e. The summed E-state index contributed by atoms with van der Waals surface area (Å²) in [5.74, 6) is 1.28. The normalized spacial score (nSPS) is 22.6. The summed E-state index contributed by atoms with van der Waals surface area (Å²) < 4.78 is 0. The fourth-order valence-electron chi connectivity index (χ4n) is 5.26. The van der Waals surface area contributed by atoms with Crippen LogP contribution in [0.4, 0.5) is 0 Å². The van der Waals surface area contributed by atoms with Gasteiger partial charge in [0.15, 0.2) is 5.78 Å². The molecule has 7 heteroatoms. The summed E-state index contributed by atoms with van der Waals surface area (Å²) in [5.41, 5.74) is 2.85. The van der Waals surface area contributed by atoms with Gasteiger partial charge in [0.05, 0.1) is 6.54 Å². The Balaban J connectivity index is 1.60. The molecule has 0 saturated carbocycles. The zero-order valence-corrected chi connectivity index (χ0v) is 19.8. The number of piperidine rings is 1. The number of nitrogens with one attached hydrogen (secondary N) is 1. The third kappa shape index (κ3) is 5.37. The van der Waals surface area contributed by atoms with Crippen LogP contribution in [0.2, 0.25) is 0 Å². The third-order valence-corrected chi connectivity index (χ3v) is 6.60. The van der Waals surface area contributed by atoms with E-state index < -0.39 is 0 Å². The summed E-state index contributed by atoms with van der Waals surface area (Å²) in [7, 11) is 0. The van der Waals surface area contributed by atoms with Crippen LogP contribution in [0.1, 0.15) is 72.6 Å². The number of hydrogen-bond acceptors (Lipinski definition) is 4. The lowest BCUT2D eigenvalue weighted by molar-refractivity contribution is -0.135. The van der Waals surface area contributed by atoms with E-state index in [-0.39, 0.29) is 17.6 Å². The number of aryl methyl sites for hydroxylation is 1. The summed E-state index contributed by atoms with van der Waals surface area (Å²) >= 11 is 0. The van der Waals surface area contributed by atoms with E-state index in [0.29, 0.717) is 62.2 Å². The van der Waals surface area contributed by atoms with Crippen molar-refractivity contribution in [3.63, 3.8) is 0 Å². The lowest BCUT2D eigenvalue weighted by Crippen LogP contribution is -2.53. The summed E-state index contributed by atoms with van der Waals surface area (Å²) in [6, 6.07) is 0. The molecule has 0 bridgehead atoms. The first-order chi connectivity index (χ1) is 14.7. The van der Waals surface area contributed by atoms with Crippen molar-refractivity contribution < 1.29 is 14.4 Å². The minimum atomic E-state index is -0.0382. The number of rotatable bonds is 6. The first-order valence-electron chi connectivity index (χ1n) is 11.7. The van der Waals surface area contributed by atoms with Gasteiger partial charge in [0, 0.05) is 50.5 Å². The largest absolute Gasteiger partial charge is 0.354 e. The zero-order chi connectivity index (χ0) is 22.7. The Hall–Kier alpha value is -2.15. The number of aromatic amines is 1. The van der Waals surface area contributed by atoms with Crippen LogP contribution >= 0.6 is 0 Å². The van der Waals surface area contributed by atoms with Gasteiger partial charge >= 0.3 is 0 Å². The van der Waals surface area contributed by atoms with E-state index in [1.807, 2.05) is 16.7 Å². The van der Waals surface area contributed by atoms with Gasteiger partial charge in [0.2, 0.25) is 5.91 Å². The van der Waals surface area contributed by atoms with Crippen LogP contribution in [0.25, 0.3) is 0 Å². The molecule has 0 radical (unpaired) electrons. The van der Waals surface area contributed by atoms with Gasteiger partial charge in [0.1, 0.15) is 5.69 Å². The molecule has 0 spiro atoms. The van der Waals surface area contributed by atoms with E-state index in [4.69, 9.17) is 0 Å². The lowest BCUT2D eigenvalue weighted by Gasteiger charge is -2.38. The Kier molecular flexibility index (Phi) is 7.57. The fraction of sp³-hybridized carbons (Fsp3) is 0.708. The Morgan fingerprint density at radius 2 is 1.61 bits per heavy atom. The van der Waals surface area contributed by atoms with Crippen molar-refractivity contribution >= 4 is 17.6 Å². The number of Topliss-reactive ketones (excluding diaryl/α,β-unsaturated/α-hetero) is 1. The molecule has 2 atom stereocenters. The maximum absolute atomic E-state index is 13.2. The van der Waals surface area contributed by atoms with Gasteiger partial charge in [-0.15, -0.1) is 0 Å². The van der Waals surface area contributed by atoms with E-state index in [9.17, 15) is 14.4 Å². The molecular weight excluding hydrogens is 392 g/mol. The predicted octanol–water partition coefficient (Wildman–Crippen LogP) is 2.74. The highest BCUT2D eigenvalue weighted by atomic mass is 16.2. The Morgan fingerprint density at radius 1 is 1.00 bits per heavy atom. The van der Waals surface area contributed by atoms with Crippen LogP contribution in [0.15, 0.2) is 0 Å². The second kappa shape index (κ2) is 9.98. The van der Waals surface area contributed by atoms with Crippen molar-refractivity contribution in [2.75, 3.05) is 45.8 Å². The Bertz CT molecular complexity index is 813. The number of nitrogens with zero attached hydrogens (tertiary/aromatic N) is 3. The van der Waals surface area contributed by atoms with Crippen LogP contribution in [0.3, 0.4) is 0 Å². The minimum absolute atomic E-state index is 0.000862. The van der Waals surface area contributed by atoms with Crippen LogP contribution in [-0.2, 0) is 11.2 Å². The lowest BCUT2D eigenvalue weighted by atomic mass is 9.92. The number of carbonyl (C=O) groups is 3. The molecule has 2 fully saturated rings. The highest BCUT2D eigenvalue weighted by Gasteiger charge is 2.30. The molecular formula is C24H38N4O3. The first-order valence-corrected chi connectivity index (χ1v) is 11.7. The topological polar surface area (TPSA) is 76.7 Å². The molecule has 7 nitrogen and oxygen atoms in total. The highest BCUT2D eigenvalue weighted by molar-refractivity contribution is 6.02. The number of hydrogen-bond donors (Lipinski definition) is 1. The fourth-order valence-corrected chi connectivity index (χ4v) is 5.26. The second-order valence-corrected chi connectivity index (χ2v) is 9.60. The molecule has 1 aromatic rings. The molecule has 2 unspecified atom stereocenters. The van der Waals surface area contributed by atoms with Gasteiger partial charge in [-0.1, -0.05) is 27.2 Å². The van der Waals surface area contributed by atoms with Gasteiger partial charge < -0.3 is 14.8 Å². The van der Waals surface area contributed by atoms with E-state index in [1.54, 1.807) is 6.92 Å². The number of ketones is 1. The summed E-state index contributed by atoms with van der Waals surface area (Å²) in [4.78, 5) is 47.3. The molecule has 1 aromatic heterocycles. The molecule has 2 saturated heterocycles. The Labute approximate surface area is 186 Å². The van der Waals surface area contributed by atoms with Gasteiger partial charge in [-0.3, -0.25) is 19.3 Å². The number of piperazine rings is 1. The smallest absolute Gasteiger partial charge is 0.270 e. The molecule has 3 rings (SSSR count). The summed E-state index contributed by atoms with van der Waals surface area (Å²) in [6.07, 6.45) is 2.77. The molecule has 0 aromatic carbocycles. The molecule has 2 amide bonds. The average molecular weight is 431 g/mol. The van der Waals surface area contributed by atoms with Crippen LogP contribution < -0.4 is 0 Å². The molecule has 2 aliphatic heterocycles. The van der Waals surface area contributed by atoms with Crippen LogP contribution in [-0.4, -0.2) is 83.1 Å². The zero-order valence-electron chi connectivity index (χ0n) is 19.8. The quantitative estimate of drug-likeness (QED) is 0.704. The van der Waals surface area contributed by atoms with E-state index in [2.05, 4.69) is 30.7 Å². The van der Waals surface area contributed by atoms with E-state index in [1.165, 1.54) is 6.42 Å². The van der Waals surface area contributed by atoms with Gasteiger partial charge in [-0.05, 0) is 44.1 Å². The van der Waals surface area contributed by atoms with Crippen LogP contribution in [0.5, 0.6) is 0 Å². The molecule has 3 heterocycles. The van der Waals surface area contributed by atoms with Crippen molar-refractivity contribution in [2.24, 2.45) is 11.8 Å². The molecule has 2 aliphatic rings. The average Bonchev–Trinajstić information content (AvgIpc) is 3.03. The van der Waals surface area contributed by atoms with E-state index in [0.717, 1.165) is 30.8 Å². The summed E-state index contributed by atoms with van der Waals surface area (Å²) in [5, 5.41) is 0. The van der Waals surface area contributed by atoms with Crippen molar-refractivity contribution in [3.05, 3.63) is 22.5 Å². The van der Waals surface area contributed by atoms with Crippen molar-refractivity contribution in [2.45, 2.75) is 53.9 Å². The van der Waals surface area contributed by atoms with Gasteiger partial charge in [-0.2, -0.15) is 0 Å². The highest BCUT2D eigenvalue weighted by Crippen LogP contribution is 2.24. The molecule has 0 aliphatic carbocycles. The summed E-state index contributed by atoms with van der Waals surface area (Å²) in [6.45, 7) is 14.6. The predicted molar refractivity (Wildman–Crippen MR) is 121 cm³/mol. The number of aromatic nitrogens is 1. The maximum atomic E-state index is 13.2. The minimum Gasteiger partial charge on any atom is -0.354 e. The second-order valence-electron chi connectivity index (χ2n) is 9.60. The number of amides is 2.